The molecule has 0 aromatic heterocycles. The second kappa shape index (κ2) is 10.5. The average molecular weight is 469 g/mol. The van der Waals surface area contributed by atoms with Crippen LogP contribution in [0.1, 0.15) is 64.2 Å². The van der Waals surface area contributed by atoms with E-state index in [1.165, 1.54) is 25.7 Å². The van der Waals surface area contributed by atoms with Gasteiger partial charge in [0.15, 0.2) is 17.4 Å². The molecule has 4 unspecified atom stereocenters. The molecule has 3 aliphatic rings. The minimum absolute atomic E-state index is 0.225. The summed E-state index contributed by atoms with van der Waals surface area (Å²) in [6.07, 6.45) is 13.0. The SMILES string of the molecule is C=CC1CCC(C2CCC3C(CCCC3C(=O)Oc3cc(F)c(OC(F)F)c(F)c3)C2)CC1. The monoisotopic (exact) mass is 468 g/mol. The number of hydrogen-bond donors (Lipinski definition) is 0. The quantitative estimate of drug-likeness (QED) is 0.190. The summed E-state index contributed by atoms with van der Waals surface area (Å²) in [7, 11) is 0. The topological polar surface area (TPSA) is 35.5 Å². The lowest BCUT2D eigenvalue weighted by Gasteiger charge is -2.45. The Morgan fingerprint density at radius 3 is 2.24 bits per heavy atom. The molecule has 0 aliphatic heterocycles. The summed E-state index contributed by atoms with van der Waals surface area (Å²) in [6, 6.07) is 1.44. The summed E-state index contributed by atoms with van der Waals surface area (Å²) >= 11 is 0. The molecule has 0 spiro atoms. The number of carbonyl (C=O) groups excluding carboxylic acids is 1. The van der Waals surface area contributed by atoms with Gasteiger partial charge in [-0.15, -0.1) is 6.58 Å². The van der Waals surface area contributed by atoms with E-state index in [0.717, 1.165) is 50.2 Å². The molecule has 0 amide bonds. The maximum atomic E-state index is 14.0. The fourth-order valence-corrected chi connectivity index (χ4v) is 6.56. The summed E-state index contributed by atoms with van der Waals surface area (Å²) in [5.74, 6) is -2.14. The maximum absolute atomic E-state index is 14.0. The van der Waals surface area contributed by atoms with Gasteiger partial charge in [-0.05, 0) is 81.0 Å². The molecule has 0 bridgehead atoms. The zero-order valence-corrected chi connectivity index (χ0v) is 18.8. The van der Waals surface area contributed by atoms with Crippen molar-refractivity contribution >= 4 is 5.97 Å². The van der Waals surface area contributed by atoms with E-state index in [9.17, 15) is 22.4 Å². The average Bonchev–Trinajstić information content (AvgIpc) is 2.80. The largest absolute Gasteiger partial charge is 0.429 e. The van der Waals surface area contributed by atoms with Gasteiger partial charge in [0.2, 0.25) is 0 Å². The first kappa shape index (κ1) is 24.1. The van der Waals surface area contributed by atoms with Crippen molar-refractivity contribution in [2.24, 2.45) is 35.5 Å². The molecule has 182 valence electrons. The van der Waals surface area contributed by atoms with Gasteiger partial charge in [0.25, 0.3) is 0 Å². The third-order valence-corrected chi connectivity index (χ3v) is 8.21. The van der Waals surface area contributed by atoms with Gasteiger partial charge in [-0.3, -0.25) is 4.79 Å². The van der Waals surface area contributed by atoms with Gasteiger partial charge in [-0.25, -0.2) is 8.78 Å². The summed E-state index contributed by atoms with van der Waals surface area (Å²) in [5.41, 5.74) is 0. The Morgan fingerprint density at radius 1 is 0.939 bits per heavy atom. The van der Waals surface area contributed by atoms with Crippen LogP contribution in [-0.4, -0.2) is 12.6 Å². The van der Waals surface area contributed by atoms with Crippen LogP contribution in [0.2, 0.25) is 0 Å². The third-order valence-electron chi connectivity index (χ3n) is 8.21. The molecule has 4 atom stereocenters. The summed E-state index contributed by atoms with van der Waals surface area (Å²) in [4.78, 5) is 12.9. The van der Waals surface area contributed by atoms with E-state index >= 15 is 0 Å². The fourth-order valence-electron chi connectivity index (χ4n) is 6.56. The molecule has 0 radical (unpaired) electrons. The molecule has 0 N–H and O–H groups in total. The number of benzene rings is 1. The van der Waals surface area contributed by atoms with Crippen molar-refractivity contribution < 1.29 is 31.8 Å². The van der Waals surface area contributed by atoms with E-state index < -0.39 is 30.0 Å². The Hall–Kier alpha value is -2.05. The normalized spacial score (nSPS) is 32.2. The molecule has 3 saturated carbocycles. The number of fused-ring (bicyclic) bond motifs is 1. The minimum Gasteiger partial charge on any atom is -0.429 e. The van der Waals surface area contributed by atoms with E-state index in [2.05, 4.69) is 17.4 Å². The number of carbonyl (C=O) groups is 1. The number of hydrogen-bond acceptors (Lipinski definition) is 3. The molecule has 7 heteroatoms. The highest BCUT2D eigenvalue weighted by Gasteiger charge is 2.43. The minimum atomic E-state index is -3.35. The zero-order valence-electron chi connectivity index (χ0n) is 18.8. The number of alkyl halides is 2. The number of ether oxygens (including phenoxy) is 2. The van der Waals surface area contributed by atoms with Crippen LogP contribution in [0, 0.1) is 47.1 Å². The van der Waals surface area contributed by atoms with E-state index in [1.54, 1.807) is 0 Å². The second-order valence-corrected chi connectivity index (χ2v) is 9.96. The first-order chi connectivity index (χ1) is 15.9. The predicted octanol–water partition coefficient (Wildman–Crippen LogP) is 7.30. The van der Waals surface area contributed by atoms with Crippen LogP contribution in [0.15, 0.2) is 24.8 Å². The third kappa shape index (κ3) is 5.55. The first-order valence-corrected chi connectivity index (χ1v) is 12.1. The highest BCUT2D eigenvalue weighted by molar-refractivity contribution is 5.75. The van der Waals surface area contributed by atoms with E-state index in [4.69, 9.17) is 4.74 Å². The second-order valence-electron chi connectivity index (χ2n) is 9.96. The van der Waals surface area contributed by atoms with Gasteiger partial charge < -0.3 is 9.47 Å². The summed E-state index contributed by atoms with van der Waals surface area (Å²) < 4.78 is 61.8. The molecule has 3 aliphatic carbocycles. The molecule has 4 rings (SSSR count). The van der Waals surface area contributed by atoms with Crippen LogP contribution in [0.5, 0.6) is 11.5 Å². The molecule has 1 aromatic rings. The zero-order chi connectivity index (χ0) is 23.5. The Balaban J connectivity index is 1.37. The van der Waals surface area contributed by atoms with Crippen molar-refractivity contribution in [1.82, 2.24) is 0 Å². The highest BCUT2D eigenvalue weighted by atomic mass is 19.3. The summed E-state index contributed by atoms with van der Waals surface area (Å²) in [6.45, 7) is 0.581. The molecular formula is C26H32F4O3. The Labute approximate surface area is 192 Å². The Kier molecular flexibility index (Phi) is 7.65. The van der Waals surface area contributed by atoms with Crippen molar-refractivity contribution in [3.05, 3.63) is 36.4 Å². The van der Waals surface area contributed by atoms with Crippen LogP contribution < -0.4 is 9.47 Å². The van der Waals surface area contributed by atoms with E-state index in [-0.39, 0.29) is 17.6 Å². The Morgan fingerprint density at radius 2 is 1.61 bits per heavy atom. The first-order valence-electron chi connectivity index (χ1n) is 12.1. The molecule has 3 fully saturated rings. The fraction of sp³-hybridized carbons (Fsp3) is 0.654. The van der Waals surface area contributed by atoms with Crippen LogP contribution in [0.25, 0.3) is 0 Å². The van der Waals surface area contributed by atoms with Gasteiger partial charge >= 0.3 is 12.6 Å². The molecule has 33 heavy (non-hydrogen) atoms. The smallest absolute Gasteiger partial charge is 0.387 e. The van der Waals surface area contributed by atoms with E-state index in [0.29, 0.717) is 24.2 Å². The van der Waals surface area contributed by atoms with Crippen LogP contribution in [0.3, 0.4) is 0 Å². The molecule has 0 heterocycles. The van der Waals surface area contributed by atoms with Crippen LogP contribution in [-0.2, 0) is 4.79 Å². The standard InChI is InChI=1S/C26H32F4O3/c1-2-15-6-8-16(9-7-15)17-10-11-20-18(12-17)4-3-5-21(20)25(31)32-19-13-22(27)24(23(28)14-19)33-26(29)30/h2,13-18,20-21,26H,1,3-12H2. The van der Waals surface area contributed by atoms with Crippen LogP contribution >= 0.6 is 0 Å². The molecule has 1 aromatic carbocycles. The number of halogens is 4. The highest BCUT2D eigenvalue weighted by Crippen LogP contribution is 2.50. The van der Waals surface area contributed by atoms with Crippen LogP contribution in [0.4, 0.5) is 17.6 Å². The lowest BCUT2D eigenvalue weighted by Crippen LogP contribution is -2.40. The number of rotatable bonds is 6. The molecular weight excluding hydrogens is 436 g/mol. The van der Waals surface area contributed by atoms with Gasteiger partial charge in [0.1, 0.15) is 5.75 Å². The lowest BCUT2D eigenvalue weighted by atomic mass is 9.59. The number of allylic oxidation sites excluding steroid dienone is 1. The van der Waals surface area contributed by atoms with Crippen molar-refractivity contribution in [3.63, 3.8) is 0 Å². The lowest BCUT2D eigenvalue weighted by molar-refractivity contribution is -0.144. The van der Waals surface area contributed by atoms with Gasteiger partial charge in [-0.1, -0.05) is 18.9 Å². The van der Waals surface area contributed by atoms with Crippen molar-refractivity contribution in [2.75, 3.05) is 0 Å². The molecule has 3 nitrogen and oxygen atoms in total. The predicted molar refractivity (Wildman–Crippen MR) is 116 cm³/mol. The van der Waals surface area contributed by atoms with Crippen molar-refractivity contribution in [1.29, 1.82) is 0 Å². The maximum Gasteiger partial charge on any atom is 0.387 e. The number of esters is 1. The van der Waals surface area contributed by atoms with E-state index in [1.807, 2.05) is 0 Å². The van der Waals surface area contributed by atoms with Crippen molar-refractivity contribution in [3.8, 4) is 11.5 Å². The Bertz CT molecular complexity index is 827. The van der Waals surface area contributed by atoms with Crippen molar-refractivity contribution in [2.45, 2.75) is 70.8 Å². The van der Waals surface area contributed by atoms with Gasteiger partial charge in [0.05, 0.1) is 5.92 Å². The summed E-state index contributed by atoms with van der Waals surface area (Å²) in [5, 5.41) is 0. The van der Waals surface area contributed by atoms with Gasteiger partial charge in [-0.2, -0.15) is 8.78 Å². The molecule has 0 saturated heterocycles. The van der Waals surface area contributed by atoms with Gasteiger partial charge in [0, 0.05) is 12.1 Å².